The standard InChI is InChI=1S/C81H54N2O/c1-53-44-45-59(54-26-9-2-10-27-54)50-71(53)83(61-38-21-8-22-39-61)63-47-49-66-69(52-63)76(58-34-17-6-18-35-58)80-77-73(55-28-11-3-12-29-55)65-48-46-62(51-68(65)75(57-32-15-5-16-33-57)79(77)78(80)74(66)56-30-13-4-14-31-56)82(60-36-19-7-20-37-60)70-42-25-41-67-64-40-23-24-43-72(64)84-81(67)70/h2-52H,1H3. The smallest absolute Gasteiger partial charge is 0.159 e. The van der Waals surface area contributed by atoms with Crippen LogP contribution in [0.15, 0.2) is 314 Å². The molecule has 0 radical (unpaired) electrons. The zero-order valence-corrected chi connectivity index (χ0v) is 46.2. The van der Waals surface area contributed by atoms with E-state index in [0.29, 0.717) is 0 Å². The number of hydrogen-bond acceptors (Lipinski definition) is 3. The summed E-state index contributed by atoms with van der Waals surface area (Å²) in [5.74, 6) is 0. The van der Waals surface area contributed by atoms with Gasteiger partial charge >= 0.3 is 0 Å². The molecule has 0 fully saturated rings. The van der Waals surface area contributed by atoms with Gasteiger partial charge in [-0.05, 0) is 179 Å². The topological polar surface area (TPSA) is 19.6 Å². The van der Waals surface area contributed by atoms with Crippen molar-refractivity contribution in [2.75, 3.05) is 9.80 Å². The predicted molar refractivity (Wildman–Crippen MR) is 354 cm³/mol. The van der Waals surface area contributed by atoms with Crippen LogP contribution in [-0.4, -0.2) is 0 Å². The maximum absolute atomic E-state index is 6.83. The summed E-state index contributed by atoms with van der Waals surface area (Å²) in [7, 11) is 0. The molecule has 1 heterocycles. The molecule has 16 rings (SSSR count). The Balaban J connectivity index is 1.02. The Bertz CT molecular complexity index is 4980. The van der Waals surface area contributed by atoms with E-state index in [1.807, 2.05) is 6.07 Å². The van der Waals surface area contributed by atoms with E-state index in [2.05, 4.69) is 320 Å². The van der Waals surface area contributed by atoms with Gasteiger partial charge in [-0.25, -0.2) is 0 Å². The molecular formula is C81H54N2O. The van der Waals surface area contributed by atoms with E-state index in [9.17, 15) is 0 Å². The molecule has 1 aliphatic carbocycles. The first-order valence-corrected chi connectivity index (χ1v) is 28.9. The van der Waals surface area contributed by atoms with Crippen LogP contribution in [0, 0.1) is 6.92 Å². The Morgan fingerprint density at radius 2 is 0.607 bits per heavy atom. The maximum Gasteiger partial charge on any atom is 0.159 e. The molecule has 0 amide bonds. The Kier molecular flexibility index (Phi) is 11.8. The van der Waals surface area contributed by atoms with Crippen molar-refractivity contribution in [1.82, 2.24) is 0 Å². The number of aryl methyl sites for hydroxylation is 1. The van der Waals surface area contributed by atoms with E-state index in [0.717, 1.165) is 61.6 Å². The zero-order chi connectivity index (χ0) is 55.7. The predicted octanol–water partition coefficient (Wildman–Crippen LogP) is 23.1. The number of rotatable bonds is 11. The van der Waals surface area contributed by atoms with Crippen molar-refractivity contribution in [3.8, 4) is 77.9 Å². The number of benzene rings is 14. The van der Waals surface area contributed by atoms with Gasteiger partial charge in [-0.3, -0.25) is 0 Å². The van der Waals surface area contributed by atoms with E-state index in [1.165, 1.54) is 99.4 Å². The summed E-state index contributed by atoms with van der Waals surface area (Å²) < 4.78 is 6.83. The molecule has 0 atom stereocenters. The average molecular weight is 1070 g/mol. The summed E-state index contributed by atoms with van der Waals surface area (Å²) in [4.78, 5) is 4.83. The Morgan fingerprint density at radius 1 is 0.226 bits per heavy atom. The summed E-state index contributed by atoms with van der Waals surface area (Å²) >= 11 is 0. The molecular weight excluding hydrogens is 1020 g/mol. The lowest BCUT2D eigenvalue weighted by atomic mass is 9.65. The van der Waals surface area contributed by atoms with Crippen molar-refractivity contribution < 1.29 is 4.42 Å². The van der Waals surface area contributed by atoms with Crippen molar-refractivity contribution in [3.05, 3.63) is 315 Å². The summed E-state index contributed by atoms with van der Waals surface area (Å²) in [5, 5.41) is 6.92. The fourth-order valence-electron chi connectivity index (χ4n) is 13.4. The molecule has 1 aromatic heterocycles. The van der Waals surface area contributed by atoms with Crippen molar-refractivity contribution in [2.24, 2.45) is 0 Å². The highest BCUT2D eigenvalue weighted by molar-refractivity contribution is 6.33. The van der Waals surface area contributed by atoms with Gasteiger partial charge in [0.25, 0.3) is 0 Å². The minimum absolute atomic E-state index is 0.848. The van der Waals surface area contributed by atoms with Crippen LogP contribution >= 0.6 is 0 Å². The molecule has 0 aliphatic heterocycles. The molecule has 1 aliphatic rings. The highest BCUT2D eigenvalue weighted by Gasteiger charge is 2.39. The third-order valence-corrected chi connectivity index (χ3v) is 17.1. The highest BCUT2D eigenvalue weighted by atomic mass is 16.3. The van der Waals surface area contributed by atoms with Crippen LogP contribution in [0.25, 0.3) is 121 Å². The van der Waals surface area contributed by atoms with Crippen LogP contribution in [0.1, 0.15) is 5.56 Å². The van der Waals surface area contributed by atoms with E-state index in [-0.39, 0.29) is 0 Å². The minimum atomic E-state index is 0.848. The lowest BCUT2D eigenvalue weighted by Crippen LogP contribution is -2.13. The van der Waals surface area contributed by atoms with Crippen LogP contribution in [0.4, 0.5) is 34.1 Å². The van der Waals surface area contributed by atoms with Gasteiger partial charge in [-0.1, -0.05) is 243 Å². The van der Waals surface area contributed by atoms with E-state index in [1.54, 1.807) is 0 Å². The van der Waals surface area contributed by atoms with Gasteiger partial charge in [0.05, 0.1) is 5.69 Å². The normalized spacial score (nSPS) is 11.6. The van der Waals surface area contributed by atoms with E-state index >= 15 is 0 Å². The van der Waals surface area contributed by atoms with Crippen LogP contribution in [0.5, 0.6) is 0 Å². The van der Waals surface area contributed by atoms with Crippen LogP contribution < -0.4 is 9.80 Å². The summed E-state index contributed by atoms with van der Waals surface area (Å²) in [5.41, 5.74) is 26.2. The van der Waals surface area contributed by atoms with Crippen molar-refractivity contribution in [1.29, 1.82) is 0 Å². The third kappa shape index (κ3) is 7.96. The first kappa shape index (κ1) is 48.9. The van der Waals surface area contributed by atoms with Gasteiger partial charge in [0, 0.05) is 39.2 Å². The monoisotopic (exact) mass is 1070 g/mol. The summed E-state index contributed by atoms with van der Waals surface area (Å²) in [6, 6.07) is 113. The fraction of sp³-hybridized carbons (Fsp3) is 0.0123. The Labute approximate surface area is 488 Å². The summed E-state index contributed by atoms with van der Waals surface area (Å²) in [6.07, 6.45) is 0. The van der Waals surface area contributed by atoms with Crippen molar-refractivity contribution >= 4 is 77.6 Å². The zero-order valence-electron chi connectivity index (χ0n) is 46.2. The molecule has 3 nitrogen and oxygen atoms in total. The molecule has 0 spiro atoms. The Morgan fingerprint density at radius 3 is 1.07 bits per heavy atom. The second kappa shape index (κ2) is 20.2. The van der Waals surface area contributed by atoms with Crippen molar-refractivity contribution in [2.45, 2.75) is 6.92 Å². The second-order valence-corrected chi connectivity index (χ2v) is 21.9. The third-order valence-electron chi connectivity index (χ3n) is 17.1. The molecule has 0 bridgehead atoms. The van der Waals surface area contributed by atoms with Crippen LogP contribution in [0.3, 0.4) is 0 Å². The molecule has 0 saturated carbocycles. The average Bonchev–Trinajstić information content (AvgIpc) is 0.924. The first-order valence-electron chi connectivity index (χ1n) is 28.9. The van der Waals surface area contributed by atoms with Gasteiger partial charge in [0.2, 0.25) is 0 Å². The van der Waals surface area contributed by atoms with Crippen LogP contribution in [0.2, 0.25) is 0 Å². The summed E-state index contributed by atoms with van der Waals surface area (Å²) in [6.45, 7) is 2.23. The highest BCUT2D eigenvalue weighted by Crippen LogP contribution is 2.66. The molecule has 394 valence electrons. The Hall–Kier alpha value is -11.0. The minimum Gasteiger partial charge on any atom is -0.454 e. The molecule has 14 aromatic carbocycles. The van der Waals surface area contributed by atoms with E-state index < -0.39 is 0 Å². The molecule has 0 saturated heterocycles. The second-order valence-electron chi connectivity index (χ2n) is 21.9. The number of hydrogen-bond donors (Lipinski definition) is 0. The van der Waals surface area contributed by atoms with Gasteiger partial charge in [0.1, 0.15) is 5.58 Å². The lowest BCUT2D eigenvalue weighted by Gasteiger charge is -2.38. The SMILES string of the molecule is Cc1ccc(-c2ccccc2)cc1N(c1ccccc1)c1ccc2c(-c3ccccc3)c3c(c(-c4ccccc4)c2c1)-c1c-3c(-c2ccccc2)c2cc(N(c3ccccc3)c3cccc4c3oc3ccccc34)ccc2c1-c1ccccc1. The quantitative estimate of drug-likeness (QED) is 0.129. The van der Waals surface area contributed by atoms with Crippen LogP contribution in [-0.2, 0) is 0 Å². The maximum atomic E-state index is 6.83. The number of nitrogens with zero attached hydrogens (tertiary/aromatic N) is 2. The molecule has 0 unspecified atom stereocenters. The fourth-order valence-corrected chi connectivity index (χ4v) is 13.4. The number of fused-ring (bicyclic) bond motifs is 9. The first-order chi connectivity index (χ1) is 41.6. The van der Waals surface area contributed by atoms with Gasteiger partial charge in [-0.2, -0.15) is 0 Å². The molecule has 84 heavy (non-hydrogen) atoms. The van der Waals surface area contributed by atoms with E-state index in [4.69, 9.17) is 4.42 Å². The van der Waals surface area contributed by atoms with Gasteiger partial charge in [0.15, 0.2) is 5.58 Å². The molecule has 0 N–H and O–H groups in total. The number of anilines is 6. The van der Waals surface area contributed by atoms with Crippen molar-refractivity contribution in [3.63, 3.8) is 0 Å². The molecule has 3 heteroatoms. The molecule has 15 aromatic rings. The number of para-hydroxylation sites is 4. The lowest BCUT2D eigenvalue weighted by molar-refractivity contribution is 0.669. The largest absolute Gasteiger partial charge is 0.454 e. The van der Waals surface area contributed by atoms with Gasteiger partial charge < -0.3 is 14.2 Å². The number of furan rings is 1. The van der Waals surface area contributed by atoms with Gasteiger partial charge in [-0.15, -0.1) is 0 Å².